The number of ether oxygens (including phenoxy) is 2. The first-order valence-electron chi connectivity index (χ1n) is 9.18. The minimum Gasteiger partial charge on any atom is -0.457 e. The number of anilines is 1. The van der Waals surface area contributed by atoms with E-state index < -0.39 is 5.72 Å². The fourth-order valence-electron chi connectivity index (χ4n) is 3.11. The molecule has 1 saturated heterocycles. The second-order valence-corrected chi connectivity index (χ2v) is 9.11. The minimum atomic E-state index is -0.551. The van der Waals surface area contributed by atoms with Crippen molar-refractivity contribution in [2.24, 2.45) is 4.99 Å². The molecule has 2 atom stereocenters. The Kier molecular flexibility index (Phi) is 6.81. The molecule has 0 amide bonds. The summed E-state index contributed by atoms with van der Waals surface area (Å²) >= 11 is 6.98. The minimum absolute atomic E-state index is 0.148. The largest absolute Gasteiger partial charge is 0.457 e. The Labute approximate surface area is 183 Å². The van der Waals surface area contributed by atoms with Gasteiger partial charge in [0.1, 0.15) is 11.5 Å². The van der Waals surface area contributed by atoms with E-state index in [4.69, 9.17) is 9.47 Å². The molecule has 3 rings (SSSR count). The molecule has 0 radical (unpaired) electrons. The summed E-state index contributed by atoms with van der Waals surface area (Å²) in [6.07, 6.45) is 1.86. The Hall–Kier alpha value is -1.41. The van der Waals surface area contributed by atoms with Gasteiger partial charge in [-0.15, -0.1) is 0 Å². The highest BCUT2D eigenvalue weighted by atomic mass is 79.9. The lowest BCUT2D eigenvalue weighted by molar-refractivity contribution is -0.0910. The van der Waals surface area contributed by atoms with Crippen LogP contribution >= 0.6 is 31.9 Å². The first-order valence-corrected chi connectivity index (χ1v) is 10.8. The molecule has 0 bridgehead atoms. The molecule has 28 heavy (non-hydrogen) atoms. The lowest BCUT2D eigenvalue weighted by Gasteiger charge is -2.34. The van der Waals surface area contributed by atoms with Crippen molar-refractivity contribution in [1.29, 1.82) is 0 Å². The number of aliphatic imine (C=N–C) groups is 1. The standard InChI is InChI=1S/C21H25Br2N3O2/c1-13-6-20(27-18-8-16(22)7-17(23)9-18)14(2)5-19(13)25-12-26-21(4)11-24-10-15(3)28-21/h5-9,12,15,24H,10-11H2,1-4H3,(H,25,26). The molecule has 5 nitrogen and oxygen atoms in total. The van der Waals surface area contributed by atoms with Crippen molar-refractivity contribution in [2.45, 2.75) is 39.5 Å². The molecule has 0 spiro atoms. The van der Waals surface area contributed by atoms with Crippen molar-refractivity contribution >= 4 is 43.9 Å². The fraction of sp³-hybridized carbons (Fsp3) is 0.381. The van der Waals surface area contributed by atoms with E-state index in [2.05, 4.69) is 53.6 Å². The smallest absolute Gasteiger partial charge is 0.170 e. The summed E-state index contributed by atoms with van der Waals surface area (Å²) in [5.74, 6) is 1.60. The number of nitrogens with zero attached hydrogens (tertiary/aromatic N) is 1. The normalized spacial score (nSPS) is 22.4. The Morgan fingerprint density at radius 2 is 1.89 bits per heavy atom. The number of halogens is 2. The van der Waals surface area contributed by atoms with E-state index in [-0.39, 0.29) is 6.10 Å². The van der Waals surface area contributed by atoms with Gasteiger partial charge in [-0.2, -0.15) is 0 Å². The van der Waals surface area contributed by atoms with Crippen LogP contribution in [0.5, 0.6) is 11.5 Å². The van der Waals surface area contributed by atoms with E-state index in [1.165, 1.54) is 0 Å². The highest BCUT2D eigenvalue weighted by Crippen LogP contribution is 2.33. The van der Waals surface area contributed by atoms with E-state index in [9.17, 15) is 0 Å². The third-order valence-electron chi connectivity index (χ3n) is 4.48. The van der Waals surface area contributed by atoms with E-state index >= 15 is 0 Å². The Morgan fingerprint density at radius 3 is 2.57 bits per heavy atom. The van der Waals surface area contributed by atoms with Crippen LogP contribution < -0.4 is 15.4 Å². The number of hydrogen-bond donors (Lipinski definition) is 2. The maximum Gasteiger partial charge on any atom is 0.170 e. The zero-order valence-electron chi connectivity index (χ0n) is 16.5. The zero-order valence-corrected chi connectivity index (χ0v) is 19.6. The maximum absolute atomic E-state index is 6.08. The van der Waals surface area contributed by atoms with Gasteiger partial charge in [0, 0.05) is 27.7 Å². The molecule has 2 N–H and O–H groups in total. The number of nitrogens with one attached hydrogen (secondary N) is 2. The summed E-state index contributed by atoms with van der Waals surface area (Å²) in [5.41, 5.74) is 2.55. The SMILES string of the molecule is Cc1cc(Oc2cc(Br)cc(Br)c2)c(C)cc1NC=NC1(C)CNCC(C)O1. The topological polar surface area (TPSA) is 54.9 Å². The van der Waals surface area contributed by atoms with E-state index in [1.807, 2.05) is 52.0 Å². The second kappa shape index (κ2) is 8.95. The lowest BCUT2D eigenvalue weighted by atomic mass is 10.1. The molecule has 150 valence electrons. The fourth-order valence-corrected chi connectivity index (χ4v) is 4.36. The molecule has 2 aromatic carbocycles. The van der Waals surface area contributed by atoms with Gasteiger partial charge in [0.15, 0.2) is 5.72 Å². The van der Waals surface area contributed by atoms with Crippen molar-refractivity contribution in [3.05, 3.63) is 50.4 Å². The molecule has 0 saturated carbocycles. The van der Waals surface area contributed by atoms with Crippen molar-refractivity contribution in [1.82, 2.24) is 5.32 Å². The van der Waals surface area contributed by atoms with Crippen LogP contribution in [0.25, 0.3) is 0 Å². The van der Waals surface area contributed by atoms with Crippen molar-refractivity contribution in [2.75, 3.05) is 18.4 Å². The Morgan fingerprint density at radius 1 is 1.18 bits per heavy atom. The first-order chi connectivity index (χ1) is 13.2. The molecule has 1 aliphatic heterocycles. The molecule has 7 heteroatoms. The van der Waals surface area contributed by atoms with Gasteiger partial charge in [0.25, 0.3) is 0 Å². The van der Waals surface area contributed by atoms with Gasteiger partial charge in [0.05, 0.1) is 12.4 Å². The number of rotatable bonds is 5. The molecule has 1 fully saturated rings. The van der Waals surface area contributed by atoms with Gasteiger partial charge in [0.2, 0.25) is 0 Å². The summed E-state index contributed by atoms with van der Waals surface area (Å²) in [7, 11) is 0. The molecule has 1 aliphatic rings. The highest BCUT2D eigenvalue weighted by molar-refractivity contribution is 9.11. The molecule has 2 aromatic rings. The summed E-state index contributed by atoms with van der Waals surface area (Å²) in [4.78, 5) is 4.58. The number of benzene rings is 2. The van der Waals surface area contributed by atoms with Crippen LogP contribution in [-0.4, -0.2) is 31.3 Å². The molecular formula is C21H25Br2N3O2. The Bertz CT molecular complexity index is 868. The molecule has 1 heterocycles. The van der Waals surface area contributed by atoms with Crippen molar-refractivity contribution in [3.8, 4) is 11.5 Å². The second-order valence-electron chi connectivity index (χ2n) is 7.28. The van der Waals surface area contributed by atoms with Crippen LogP contribution in [0.4, 0.5) is 5.69 Å². The van der Waals surface area contributed by atoms with E-state index in [1.54, 1.807) is 6.34 Å². The van der Waals surface area contributed by atoms with Crippen LogP contribution in [0.3, 0.4) is 0 Å². The average Bonchev–Trinajstić information content (AvgIpc) is 2.58. The van der Waals surface area contributed by atoms with Gasteiger partial charge >= 0.3 is 0 Å². The van der Waals surface area contributed by atoms with Crippen LogP contribution in [0.1, 0.15) is 25.0 Å². The molecule has 2 unspecified atom stereocenters. The van der Waals surface area contributed by atoms with Gasteiger partial charge in [-0.05, 0) is 69.2 Å². The van der Waals surface area contributed by atoms with E-state index in [0.29, 0.717) is 6.54 Å². The quantitative estimate of drug-likeness (QED) is 0.395. The third-order valence-corrected chi connectivity index (χ3v) is 5.40. The molecular weight excluding hydrogens is 486 g/mol. The van der Waals surface area contributed by atoms with Gasteiger partial charge in [-0.25, -0.2) is 4.99 Å². The lowest BCUT2D eigenvalue weighted by Crippen LogP contribution is -2.50. The van der Waals surface area contributed by atoms with Gasteiger partial charge in [-0.1, -0.05) is 31.9 Å². The number of morpholine rings is 1. The van der Waals surface area contributed by atoms with Crippen LogP contribution in [0, 0.1) is 13.8 Å². The summed E-state index contributed by atoms with van der Waals surface area (Å²) in [6, 6.07) is 9.96. The maximum atomic E-state index is 6.08. The summed E-state index contributed by atoms with van der Waals surface area (Å²) in [5, 5.41) is 6.62. The first kappa shape index (κ1) is 21.3. The van der Waals surface area contributed by atoms with Crippen molar-refractivity contribution in [3.63, 3.8) is 0 Å². The van der Waals surface area contributed by atoms with Crippen LogP contribution in [0.15, 0.2) is 44.3 Å². The summed E-state index contributed by atoms with van der Waals surface area (Å²) < 4.78 is 13.9. The molecule has 0 aliphatic carbocycles. The third kappa shape index (κ3) is 5.56. The average molecular weight is 511 g/mol. The number of aryl methyl sites for hydroxylation is 2. The van der Waals surface area contributed by atoms with Crippen molar-refractivity contribution < 1.29 is 9.47 Å². The monoisotopic (exact) mass is 509 g/mol. The van der Waals surface area contributed by atoms with Gasteiger partial charge in [-0.3, -0.25) is 0 Å². The van der Waals surface area contributed by atoms with Crippen LogP contribution in [-0.2, 0) is 4.74 Å². The van der Waals surface area contributed by atoms with E-state index in [0.717, 1.165) is 43.8 Å². The predicted molar refractivity (Wildman–Crippen MR) is 122 cm³/mol. The predicted octanol–water partition coefficient (Wildman–Crippen LogP) is 5.79. The zero-order chi connectivity index (χ0) is 20.3. The summed E-state index contributed by atoms with van der Waals surface area (Å²) in [6.45, 7) is 9.65. The van der Waals surface area contributed by atoms with Crippen LogP contribution in [0.2, 0.25) is 0 Å². The molecule has 0 aromatic heterocycles. The van der Waals surface area contributed by atoms with Gasteiger partial charge < -0.3 is 20.1 Å². The highest BCUT2D eigenvalue weighted by Gasteiger charge is 2.29. The number of hydrogen-bond acceptors (Lipinski definition) is 4. The Balaban J connectivity index is 1.72.